The summed E-state index contributed by atoms with van der Waals surface area (Å²) in [6, 6.07) is 41.5. The number of aliphatic hydroxyl groups excluding tert-OH is 1. The number of nitrogens with zero attached hydrogens (tertiary/aromatic N) is 6. The zero-order valence-corrected chi connectivity index (χ0v) is 25.8. The molecule has 1 N–H and O–H groups in total. The molecule has 9 heteroatoms. The number of aromatic nitrogens is 6. The highest BCUT2D eigenvalue weighted by atomic mass is 35.5. The Balaban J connectivity index is 1.40. The summed E-state index contributed by atoms with van der Waals surface area (Å²) in [5.74, 6) is 0.294. The molecule has 0 aliphatic rings. The van der Waals surface area contributed by atoms with E-state index in [-0.39, 0.29) is 0 Å². The molecule has 0 saturated heterocycles. The lowest BCUT2D eigenvalue weighted by molar-refractivity contribution is 0.197. The van der Waals surface area contributed by atoms with Gasteiger partial charge in [-0.05, 0) is 57.8 Å². The number of fused-ring (bicyclic) bond motifs is 1. The number of aryl methyl sites for hydroxylation is 1. The number of rotatable bonds is 8. The second-order valence-corrected chi connectivity index (χ2v) is 11.7. The van der Waals surface area contributed by atoms with E-state index in [4.69, 9.17) is 28.3 Å². The largest absolute Gasteiger partial charge is 0.380 e. The molecule has 0 radical (unpaired) electrons. The van der Waals surface area contributed by atoms with Gasteiger partial charge in [0, 0.05) is 21.0 Å². The maximum atomic E-state index is 12.1. The average Bonchev–Trinajstić information content (AvgIpc) is 3.69. The van der Waals surface area contributed by atoms with Crippen LogP contribution in [-0.2, 0) is 12.1 Å². The van der Waals surface area contributed by atoms with Crippen molar-refractivity contribution in [3.8, 4) is 0 Å². The minimum atomic E-state index is -1.16. The molecular formula is C36H28Cl2N6O. The second kappa shape index (κ2) is 11.9. The minimum Gasteiger partial charge on any atom is -0.380 e. The Morgan fingerprint density at radius 3 is 1.84 bits per heavy atom. The third-order valence-corrected chi connectivity index (χ3v) is 8.98. The summed E-state index contributed by atoms with van der Waals surface area (Å²) in [6.07, 6.45) is -1.16. The predicted molar refractivity (Wildman–Crippen MR) is 177 cm³/mol. The summed E-state index contributed by atoms with van der Waals surface area (Å²) in [7, 11) is 0. The SMILES string of the molecule is Cc1nn(Cc2c(Cl)cccc2Cl)c2cc(C(O)c3nnnn3C(c3ccccc3)(c3ccccc3)c3ccccc3)ccc12. The van der Waals surface area contributed by atoms with Gasteiger partial charge in [-0.25, -0.2) is 4.68 Å². The van der Waals surface area contributed by atoms with Gasteiger partial charge in [0.2, 0.25) is 0 Å². The fraction of sp³-hybridized carbons (Fsp3) is 0.111. The third kappa shape index (κ3) is 4.99. The van der Waals surface area contributed by atoms with Gasteiger partial charge in [-0.3, -0.25) is 4.68 Å². The molecule has 0 aliphatic heterocycles. The number of aliphatic hydroxyl groups is 1. The Bertz CT molecular complexity index is 1980. The number of tetrazole rings is 1. The summed E-state index contributed by atoms with van der Waals surface area (Å²) in [5, 5.41) is 32.1. The Hall–Kier alpha value is -4.82. The van der Waals surface area contributed by atoms with E-state index in [0.717, 1.165) is 38.9 Å². The van der Waals surface area contributed by atoms with Crippen LogP contribution in [-0.4, -0.2) is 35.1 Å². The molecule has 7 aromatic rings. The lowest BCUT2D eigenvalue weighted by atomic mass is 9.77. The Labute approximate surface area is 270 Å². The molecule has 45 heavy (non-hydrogen) atoms. The Morgan fingerprint density at radius 1 is 0.733 bits per heavy atom. The van der Waals surface area contributed by atoms with Crippen molar-refractivity contribution in [2.24, 2.45) is 0 Å². The zero-order chi connectivity index (χ0) is 31.0. The second-order valence-electron chi connectivity index (χ2n) is 10.9. The van der Waals surface area contributed by atoms with E-state index in [1.165, 1.54) is 0 Å². The molecule has 7 nitrogen and oxygen atoms in total. The summed E-state index contributed by atoms with van der Waals surface area (Å²) in [6.45, 7) is 2.33. The first-order chi connectivity index (χ1) is 22.0. The van der Waals surface area contributed by atoms with Crippen LogP contribution >= 0.6 is 23.2 Å². The first kappa shape index (κ1) is 28.9. The zero-order valence-electron chi connectivity index (χ0n) is 24.3. The highest BCUT2D eigenvalue weighted by Gasteiger charge is 2.42. The summed E-state index contributed by atoms with van der Waals surface area (Å²) in [4.78, 5) is 0. The van der Waals surface area contributed by atoms with Crippen molar-refractivity contribution in [2.45, 2.75) is 25.1 Å². The van der Waals surface area contributed by atoms with Gasteiger partial charge < -0.3 is 5.11 Å². The fourth-order valence-electron chi connectivity index (χ4n) is 6.14. The summed E-state index contributed by atoms with van der Waals surface area (Å²) in [5.41, 5.74) is 4.95. The summed E-state index contributed by atoms with van der Waals surface area (Å²) < 4.78 is 3.60. The van der Waals surface area contributed by atoms with Gasteiger partial charge >= 0.3 is 0 Å². The molecule has 5 aromatic carbocycles. The van der Waals surface area contributed by atoms with Gasteiger partial charge in [0.05, 0.1) is 17.8 Å². The maximum Gasteiger partial charge on any atom is 0.186 e. The van der Waals surface area contributed by atoms with Gasteiger partial charge in [0.1, 0.15) is 11.6 Å². The van der Waals surface area contributed by atoms with Crippen LogP contribution in [0.25, 0.3) is 10.9 Å². The van der Waals surface area contributed by atoms with Gasteiger partial charge in [0.25, 0.3) is 0 Å². The molecule has 1 atom stereocenters. The van der Waals surface area contributed by atoms with Crippen LogP contribution in [0.5, 0.6) is 0 Å². The quantitative estimate of drug-likeness (QED) is 0.175. The van der Waals surface area contributed by atoms with Gasteiger partial charge in [-0.1, -0.05) is 132 Å². The maximum absolute atomic E-state index is 12.1. The smallest absolute Gasteiger partial charge is 0.186 e. The molecule has 1 unspecified atom stereocenters. The predicted octanol–water partition coefficient (Wildman–Crippen LogP) is 7.61. The van der Waals surface area contributed by atoms with Crippen LogP contribution in [0, 0.1) is 6.92 Å². The minimum absolute atomic E-state index is 0.294. The molecule has 2 heterocycles. The summed E-state index contributed by atoms with van der Waals surface area (Å²) >= 11 is 13.0. The standard InChI is InChI=1S/C36H28Cl2N6O/c1-24-29-21-20-25(22-33(29)43(40-24)23-30-31(37)18-11-19-32(30)38)34(45)35-39-41-42-44(35)36(26-12-5-2-6-13-26,27-14-7-3-8-15-27)28-16-9-4-10-17-28/h2-22,34,45H,23H2,1H3. The molecule has 222 valence electrons. The monoisotopic (exact) mass is 630 g/mol. The number of hydrogen-bond donors (Lipinski definition) is 1. The van der Waals surface area contributed by atoms with E-state index in [1.54, 1.807) is 4.68 Å². The lowest BCUT2D eigenvalue weighted by Gasteiger charge is -2.36. The molecule has 0 saturated carbocycles. The lowest BCUT2D eigenvalue weighted by Crippen LogP contribution is -2.40. The highest BCUT2D eigenvalue weighted by molar-refractivity contribution is 6.36. The first-order valence-electron chi connectivity index (χ1n) is 14.5. The molecule has 0 bridgehead atoms. The van der Waals surface area contributed by atoms with E-state index in [1.807, 2.05) is 103 Å². The molecular weight excluding hydrogens is 603 g/mol. The van der Waals surface area contributed by atoms with Crippen LogP contribution in [0.1, 0.15) is 45.4 Å². The van der Waals surface area contributed by atoms with Crippen LogP contribution in [0.4, 0.5) is 0 Å². The van der Waals surface area contributed by atoms with Crippen molar-refractivity contribution < 1.29 is 5.11 Å². The van der Waals surface area contributed by atoms with Crippen molar-refractivity contribution in [3.05, 3.63) is 177 Å². The van der Waals surface area contributed by atoms with Crippen molar-refractivity contribution in [1.29, 1.82) is 0 Å². The highest BCUT2D eigenvalue weighted by Crippen LogP contribution is 2.42. The fourth-order valence-corrected chi connectivity index (χ4v) is 6.66. The van der Waals surface area contributed by atoms with Gasteiger partial charge in [0.15, 0.2) is 5.82 Å². The Morgan fingerprint density at radius 2 is 1.29 bits per heavy atom. The molecule has 7 rings (SSSR count). The van der Waals surface area contributed by atoms with E-state index in [9.17, 15) is 5.11 Å². The number of hydrogen-bond acceptors (Lipinski definition) is 5. The van der Waals surface area contributed by atoms with Crippen LogP contribution < -0.4 is 0 Å². The topological polar surface area (TPSA) is 81.7 Å². The molecule has 0 amide bonds. The third-order valence-electron chi connectivity index (χ3n) is 8.28. The molecule has 0 fully saturated rings. The molecule has 0 aliphatic carbocycles. The van der Waals surface area contributed by atoms with Crippen LogP contribution in [0.2, 0.25) is 10.0 Å². The van der Waals surface area contributed by atoms with E-state index < -0.39 is 11.6 Å². The Kier molecular flexibility index (Phi) is 7.67. The van der Waals surface area contributed by atoms with Gasteiger partial charge in [-0.2, -0.15) is 5.10 Å². The van der Waals surface area contributed by atoms with E-state index in [0.29, 0.717) is 28.0 Å². The van der Waals surface area contributed by atoms with Crippen molar-refractivity contribution in [2.75, 3.05) is 0 Å². The van der Waals surface area contributed by atoms with E-state index >= 15 is 0 Å². The van der Waals surface area contributed by atoms with Crippen molar-refractivity contribution in [3.63, 3.8) is 0 Å². The average molecular weight is 632 g/mol. The van der Waals surface area contributed by atoms with Gasteiger partial charge in [-0.15, -0.1) is 5.10 Å². The molecule has 0 spiro atoms. The number of benzene rings is 5. The normalized spacial score (nSPS) is 12.4. The van der Waals surface area contributed by atoms with Crippen molar-refractivity contribution in [1.82, 2.24) is 30.0 Å². The first-order valence-corrected chi connectivity index (χ1v) is 15.3. The molecule has 2 aromatic heterocycles. The van der Waals surface area contributed by atoms with E-state index in [2.05, 4.69) is 51.9 Å². The van der Waals surface area contributed by atoms with Crippen molar-refractivity contribution >= 4 is 34.1 Å². The van der Waals surface area contributed by atoms with Crippen LogP contribution in [0.3, 0.4) is 0 Å². The van der Waals surface area contributed by atoms with Crippen LogP contribution in [0.15, 0.2) is 127 Å². The number of halogens is 2.